The molecule has 0 N–H and O–H groups in total. The van der Waals surface area contributed by atoms with Crippen LogP contribution in [0.25, 0.3) is 16.9 Å². The van der Waals surface area contributed by atoms with Gasteiger partial charge in [0.05, 0.1) is 0 Å². The number of hydrogen-bond donors (Lipinski definition) is 0. The van der Waals surface area contributed by atoms with E-state index in [0.29, 0.717) is 30.2 Å². The third-order valence-corrected chi connectivity index (χ3v) is 3.43. The fraction of sp³-hybridized carbons (Fsp3) is 0.267. The number of carbonyl (C=O) groups excluding carboxylic acids is 1. The summed E-state index contributed by atoms with van der Waals surface area (Å²) >= 11 is 0. The van der Waals surface area contributed by atoms with Crippen LogP contribution in [-0.4, -0.2) is 49.3 Å². The predicted octanol–water partition coefficient (Wildman–Crippen LogP) is 2.03. The highest BCUT2D eigenvalue weighted by atomic mass is 16.6. The van der Waals surface area contributed by atoms with Crippen LogP contribution in [0.4, 0.5) is 4.79 Å². The second-order valence-corrected chi connectivity index (χ2v) is 4.79. The minimum absolute atomic E-state index is 0.329. The van der Waals surface area contributed by atoms with Gasteiger partial charge in [0.2, 0.25) is 5.65 Å². The molecule has 0 radical (unpaired) electrons. The number of amides is 1. The molecule has 1 amide bonds. The lowest BCUT2D eigenvalue weighted by molar-refractivity contribution is 0.157. The van der Waals surface area contributed by atoms with Crippen molar-refractivity contribution in [2.75, 3.05) is 13.1 Å². The molecule has 0 saturated heterocycles. The summed E-state index contributed by atoms with van der Waals surface area (Å²) in [5, 5.41) is 15.6. The molecule has 0 bridgehead atoms. The van der Waals surface area contributed by atoms with E-state index < -0.39 is 6.09 Å². The summed E-state index contributed by atoms with van der Waals surface area (Å²) in [6.45, 7) is 4.93. The standard InChI is InChI=1S/C15H16N6O2/c1-3-20(4-2)15(22)23-12-10-13-16-18-19-21(13)17-14(12)11-8-6-5-7-9-11/h5-10H,3-4H2,1-2H3. The van der Waals surface area contributed by atoms with E-state index in [1.807, 2.05) is 44.2 Å². The van der Waals surface area contributed by atoms with Gasteiger partial charge >= 0.3 is 6.09 Å². The van der Waals surface area contributed by atoms with Crippen molar-refractivity contribution in [2.45, 2.75) is 13.8 Å². The topological polar surface area (TPSA) is 85.5 Å². The smallest absolute Gasteiger partial charge is 0.408 e. The number of ether oxygens (including phenoxy) is 1. The van der Waals surface area contributed by atoms with Crippen LogP contribution >= 0.6 is 0 Å². The first-order chi connectivity index (χ1) is 11.2. The Balaban J connectivity index is 2.05. The zero-order valence-electron chi connectivity index (χ0n) is 12.9. The Morgan fingerprint density at radius 1 is 1.22 bits per heavy atom. The second-order valence-electron chi connectivity index (χ2n) is 4.79. The molecule has 1 aromatic carbocycles. The third kappa shape index (κ3) is 2.96. The maximum Gasteiger partial charge on any atom is 0.415 e. The molecule has 23 heavy (non-hydrogen) atoms. The van der Waals surface area contributed by atoms with Crippen molar-refractivity contribution in [3.63, 3.8) is 0 Å². The van der Waals surface area contributed by atoms with Gasteiger partial charge in [-0.05, 0) is 24.3 Å². The third-order valence-electron chi connectivity index (χ3n) is 3.43. The molecule has 8 heteroatoms. The van der Waals surface area contributed by atoms with Gasteiger partial charge in [-0.25, -0.2) is 4.79 Å². The number of aromatic nitrogens is 5. The molecule has 8 nitrogen and oxygen atoms in total. The van der Waals surface area contributed by atoms with Gasteiger partial charge in [-0.1, -0.05) is 30.3 Å². The number of tetrazole rings is 1. The average Bonchev–Trinajstić information content (AvgIpc) is 3.03. The molecule has 0 atom stereocenters. The summed E-state index contributed by atoms with van der Waals surface area (Å²) < 4.78 is 6.84. The Labute approximate surface area is 132 Å². The molecule has 3 aromatic rings. The number of hydrogen-bond acceptors (Lipinski definition) is 6. The average molecular weight is 312 g/mol. The second kappa shape index (κ2) is 6.39. The van der Waals surface area contributed by atoms with Crippen LogP contribution in [-0.2, 0) is 0 Å². The van der Waals surface area contributed by atoms with Crippen molar-refractivity contribution >= 4 is 11.7 Å². The van der Waals surface area contributed by atoms with Crippen molar-refractivity contribution in [3.8, 4) is 17.0 Å². The van der Waals surface area contributed by atoms with Gasteiger partial charge in [0, 0.05) is 24.7 Å². The van der Waals surface area contributed by atoms with Crippen molar-refractivity contribution < 1.29 is 9.53 Å². The fourth-order valence-electron chi connectivity index (χ4n) is 2.19. The highest BCUT2D eigenvalue weighted by Gasteiger charge is 2.18. The van der Waals surface area contributed by atoms with Crippen LogP contribution in [0.5, 0.6) is 5.75 Å². The lowest BCUT2D eigenvalue weighted by Gasteiger charge is -2.18. The van der Waals surface area contributed by atoms with E-state index >= 15 is 0 Å². The number of rotatable bonds is 4. The summed E-state index contributed by atoms with van der Waals surface area (Å²) in [6, 6.07) is 11.0. The minimum Gasteiger partial charge on any atom is -0.408 e. The molecule has 0 saturated carbocycles. The molecular formula is C15H16N6O2. The van der Waals surface area contributed by atoms with Crippen LogP contribution < -0.4 is 4.74 Å². The molecule has 118 valence electrons. The van der Waals surface area contributed by atoms with Gasteiger partial charge in [-0.2, -0.15) is 0 Å². The van der Waals surface area contributed by atoms with Gasteiger partial charge in [0.1, 0.15) is 5.69 Å². The number of benzene rings is 1. The lowest BCUT2D eigenvalue weighted by Crippen LogP contribution is -2.33. The van der Waals surface area contributed by atoms with E-state index in [1.54, 1.807) is 11.0 Å². The van der Waals surface area contributed by atoms with Crippen LogP contribution in [0.1, 0.15) is 13.8 Å². The van der Waals surface area contributed by atoms with E-state index in [9.17, 15) is 4.79 Å². The first-order valence-corrected chi connectivity index (χ1v) is 7.34. The van der Waals surface area contributed by atoms with Crippen molar-refractivity contribution in [2.24, 2.45) is 0 Å². The van der Waals surface area contributed by atoms with Crippen LogP contribution in [0, 0.1) is 0 Å². The quantitative estimate of drug-likeness (QED) is 0.732. The summed E-state index contributed by atoms with van der Waals surface area (Å²) in [5.74, 6) is 0.329. The molecule has 0 aliphatic rings. The Kier molecular flexibility index (Phi) is 4.13. The molecular weight excluding hydrogens is 296 g/mol. The maximum absolute atomic E-state index is 12.3. The SMILES string of the molecule is CCN(CC)C(=O)Oc1cc2nnnn2nc1-c1ccccc1. The van der Waals surface area contributed by atoms with Gasteiger partial charge in [-0.3, -0.25) is 0 Å². The van der Waals surface area contributed by atoms with Gasteiger partial charge < -0.3 is 9.64 Å². The highest BCUT2D eigenvalue weighted by Crippen LogP contribution is 2.28. The zero-order chi connectivity index (χ0) is 16.2. The summed E-state index contributed by atoms with van der Waals surface area (Å²) in [6.07, 6.45) is -0.425. The Morgan fingerprint density at radius 3 is 2.65 bits per heavy atom. The lowest BCUT2D eigenvalue weighted by atomic mass is 10.1. The largest absolute Gasteiger partial charge is 0.415 e. The fourth-order valence-corrected chi connectivity index (χ4v) is 2.19. The summed E-state index contributed by atoms with van der Waals surface area (Å²) in [7, 11) is 0. The molecule has 0 aliphatic heterocycles. The molecule has 0 spiro atoms. The van der Waals surface area contributed by atoms with Crippen LogP contribution in [0.15, 0.2) is 36.4 Å². The van der Waals surface area contributed by atoms with Crippen LogP contribution in [0.2, 0.25) is 0 Å². The van der Waals surface area contributed by atoms with Crippen LogP contribution in [0.3, 0.4) is 0 Å². The predicted molar refractivity (Wildman–Crippen MR) is 83.0 cm³/mol. The first kappa shape index (κ1) is 14.9. The Morgan fingerprint density at radius 2 is 1.96 bits per heavy atom. The molecule has 0 fully saturated rings. The Hall–Kier alpha value is -3.03. The highest BCUT2D eigenvalue weighted by molar-refractivity contribution is 5.76. The van der Waals surface area contributed by atoms with Crippen molar-refractivity contribution in [1.82, 2.24) is 30.2 Å². The Bertz CT molecular complexity index is 813. The number of nitrogens with zero attached hydrogens (tertiary/aromatic N) is 6. The van der Waals surface area contributed by atoms with Crippen molar-refractivity contribution in [1.29, 1.82) is 0 Å². The number of carbonyl (C=O) groups is 1. The van der Waals surface area contributed by atoms with E-state index in [4.69, 9.17) is 4.74 Å². The molecule has 0 aliphatic carbocycles. The number of fused-ring (bicyclic) bond motifs is 1. The summed E-state index contributed by atoms with van der Waals surface area (Å²) in [5.41, 5.74) is 1.73. The first-order valence-electron chi connectivity index (χ1n) is 7.34. The summed E-state index contributed by atoms with van der Waals surface area (Å²) in [4.78, 5) is 13.8. The van der Waals surface area contributed by atoms with Gasteiger partial charge in [0.25, 0.3) is 0 Å². The van der Waals surface area contributed by atoms with Gasteiger partial charge in [0.15, 0.2) is 5.75 Å². The van der Waals surface area contributed by atoms with Crippen molar-refractivity contribution in [3.05, 3.63) is 36.4 Å². The van der Waals surface area contributed by atoms with E-state index in [2.05, 4.69) is 20.6 Å². The molecule has 2 aromatic heterocycles. The van der Waals surface area contributed by atoms with E-state index in [0.717, 1.165) is 5.56 Å². The molecule has 0 unspecified atom stereocenters. The monoisotopic (exact) mass is 312 g/mol. The van der Waals surface area contributed by atoms with Gasteiger partial charge in [-0.15, -0.1) is 14.8 Å². The zero-order valence-corrected chi connectivity index (χ0v) is 12.9. The normalized spacial score (nSPS) is 10.7. The molecule has 3 rings (SSSR count). The minimum atomic E-state index is -0.425. The molecule has 2 heterocycles. The maximum atomic E-state index is 12.3. The van der Waals surface area contributed by atoms with E-state index in [-0.39, 0.29) is 0 Å². The van der Waals surface area contributed by atoms with E-state index in [1.165, 1.54) is 4.63 Å².